The van der Waals surface area contributed by atoms with E-state index >= 15 is 0 Å². The molecule has 0 amide bonds. The van der Waals surface area contributed by atoms with Gasteiger partial charge < -0.3 is 9.40 Å². The molecule has 3 aromatic carbocycles. The second-order valence-electron chi connectivity index (χ2n) is 7.96. The molecule has 0 spiro atoms. The lowest BCUT2D eigenvalue weighted by Crippen LogP contribution is -2.17. The molecule has 0 bridgehead atoms. The molecule has 1 aromatic heterocycles. The number of carbonyl (C=O) groups excluding carboxylic acids is 2. The summed E-state index contributed by atoms with van der Waals surface area (Å²) in [6.45, 7) is 2.02. The SMILES string of the molecule is CC(=O)ON=C(C(=O)c1ccc2c(c1)c1cc([N+](=O)[O-])cc3c1n2CCC3)c1ccccc1. The Hall–Kier alpha value is -4.33. The van der Waals surface area contributed by atoms with Crippen molar-refractivity contribution in [1.82, 2.24) is 4.57 Å². The van der Waals surface area contributed by atoms with Gasteiger partial charge in [-0.15, -0.1) is 0 Å². The number of fused-ring (bicyclic) bond motifs is 3. The van der Waals surface area contributed by atoms with Gasteiger partial charge in [-0.05, 0) is 36.6 Å². The van der Waals surface area contributed by atoms with Crippen molar-refractivity contribution >= 4 is 45.0 Å². The summed E-state index contributed by atoms with van der Waals surface area (Å²) in [6.07, 6.45) is 1.66. The number of benzene rings is 3. The van der Waals surface area contributed by atoms with E-state index in [9.17, 15) is 19.7 Å². The molecule has 164 valence electrons. The summed E-state index contributed by atoms with van der Waals surface area (Å²) in [4.78, 5) is 40.7. The Kier molecular flexibility index (Phi) is 4.97. The normalized spacial score (nSPS) is 13.3. The highest BCUT2D eigenvalue weighted by Gasteiger charge is 2.24. The summed E-state index contributed by atoms with van der Waals surface area (Å²) < 4.78 is 2.16. The van der Waals surface area contributed by atoms with Gasteiger partial charge in [-0.3, -0.25) is 14.9 Å². The number of Topliss-reactive ketones (excluding diaryl/α,β-unsaturated/α-hetero) is 1. The predicted octanol–water partition coefficient (Wildman–Crippen LogP) is 4.80. The quantitative estimate of drug-likeness (QED) is 0.145. The fourth-order valence-electron chi connectivity index (χ4n) is 4.47. The van der Waals surface area contributed by atoms with Crippen LogP contribution in [0.1, 0.15) is 34.8 Å². The molecular formula is C25H19N3O5. The van der Waals surface area contributed by atoms with Gasteiger partial charge in [0.1, 0.15) is 0 Å². The predicted molar refractivity (Wildman–Crippen MR) is 123 cm³/mol. The average Bonchev–Trinajstić information content (AvgIpc) is 3.14. The molecule has 0 unspecified atom stereocenters. The second kappa shape index (κ2) is 7.98. The van der Waals surface area contributed by atoms with E-state index in [-0.39, 0.29) is 16.3 Å². The Bertz CT molecular complexity index is 1480. The lowest BCUT2D eigenvalue weighted by Gasteiger charge is -2.16. The molecule has 0 aliphatic carbocycles. The van der Waals surface area contributed by atoms with Crippen LogP contribution in [-0.4, -0.2) is 27.0 Å². The minimum absolute atomic E-state index is 0.00451. The van der Waals surface area contributed by atoms with Crippen LogP contribution < -0.4 is 0 Å². The zero-order chi connectivity index (χ0) is 23.1. The standard InChI is InChI=1S/C25H19N3O5/c1-15(29)33-26-23(16-6-3-2-4-7-16)25(30)18-9-10-22-20(13-18)21-14-19(28(31)32)12-17-8-5-11-27(22)24(17)21/h2-4,6-7,9-10,12-14H,5,8,11H2,1H3. The lowest BCUT2D eigenvalue weighted by atomic mass is 9.98. The number of hydrogen-bond acceptors (Lipinski definition) is 6. The number of carbonyl (C=O) groups is 2. The highest BCUT2D eigenvalue weighted by molar-refractivity contribution is 6.51. The summed E-state index contributed by atoms with van der Waals surface area (Å²) in [5.41, 5.74) is 3.74. The number of nitro groups is 1. The molecule has 8 heteroatoms. The molecule has 0 saturated carbocycles. The highest BCUT2D eigenvalue weighted by atomic mass is 16.7. The molecule has 0 atom stereocenters. The van der Waals surface area contributed by atoms with E-state index in [1.165, 1.54) is 6.92 Å². The number of ketones is 1. The number of rotatable bonds is 5. The third-order valence-corrected chi connectivity index (χ3v) is 5.85. The maximum atomic E-state index is 13.4. The largest absolute Gasteiger partial charge is 0.340 e. The Morgan fingerprint density at radius 3 is 2.55 bits per heavy atom. The number of non-ortho nitro benzene ring substituents is 1. The molecule has 33 heavy (non-hydrogen) atoms. The van der Waals surface area contributed by atoms with Gasteiger partial charge >= 0.3 is 5.97 Å². The maximum Gasteiger partial charge on any atom is 0.332 e. The number of hydrogen-bond donors (Lipinski definition) is 0. The second-order valence-corrected chi connectivity index (χ2v) is 7.96. The van der Waals surface area contributed by atoms with Gasteiger partial charge in [0.15, 0.2) is 5.71 Å². The summed E-state index contributed by atoms with van der Waals surface area (Å²) in [5, 5.41) is 16.8. The fraction of sp³-hybridized carbons (Fsp3) is 0.160. The Balaban J connectivity index is 1.69. The molecular weight excluding hydrogens is 422 g/mol. The molecule has 1 aliphatic heterocycles. The van der Waals surface area contributed by atoms with Crippen LogP contribution in [0.25, 0.3) is 21.8 Å². The summed E-state index contributed by atoms with van der Waals surface area (Å²) in [6, 6.07) is 17.3. The zero-order valence-corrected chi connectivity index (χ0v) is 17.8. The van der Waals surface area contributed by atoms with E-state index in [4.69, 9.17) is 4.84 Å². The lowest BCUT2D eigenvalue weighted by molar-refractivity contribution is -0.384. The van der Waals surface area contributed by atoms with Gasteiger partial charge in [0.05, 0.1) is 10.4 Å². The van der Waals surface area contributed by atoms with Crippen molar-refractivity contribution < 1.29 is 19.3 Å². The van der Waals surface area contributed by atoms with E-state index in [1.54, 1.807) is 48.5 Å². The smallest absolute Gasteiger partial charge is 0.332 e. The van der Waals surface area contributed by atoms with E-state index < -0.39 is 11.8 Å². The minimum atomic E-state index is -0.631. The number of nitro benzene ring substituents is 1. The van der Waals surface area contributed by atoms with Crippen LogP contribution in [0, 0.1) is 10.1 Å². The van der Waals surface area contributed by atoms with Crippen LogP contribution in [-0.2, 0) is 22.6 Å². The molecule has 0 fully saturated rings. The minimum Gasteiger partial charge on any atom is -0.340 e. The van der Waals surface area contributed by atoms with Crippen LogP contribution in [0.15, 0.2) is 65.8 Å². The first-order chi connectivity index (χ1) is 15.9. The Morgan fingerprint density at radius 1 is 1.03 bits per heavy atom. The third kappa shape index (κ3) is 3.55. The van der Waals surface area contributed by atoms with Crippen LogP contribution in [0.4, 0.5) is 5.69 Å². The number of nitrogens with zero attached hydrogens (tertiary/aromatic N) is 3. The number of aromatic nitrogens is 1. The molecule has 4 aromatic rings. The fourth-order valence-corrected chi connectivity index (χ4v) is 4.47. The van der Waals surface area contributed by atoms with Crippen molar-refractivity contribution in [1.29, 1.82) is 0 Å². The van der Waals surface area contributed by atoms with Crippen molar-refractivity contribution in [2.75, 3.05) is 0 Å². The van der Waals surface area contributed by atoms with Gasteiger partial charge in [-0.2, -0.15) is 0 Å². The summed E-state index contributed by atoms with van der Waals surface area (Å²) in [5.74, 6) is -1.04. The van der Waals surface area contributed by atoms with E-state index in [0.717, 1.165) is 46.8 Å². The third-order valence-electron chi connectivity index (χ3n) is 5.85. The topological polar surface area (TPSA) is 104 Å². The zero-order valence-electron chi connectivity index (χ0n) is 17.8. The van der Waals surface area contributed by atoms with Crippen molar-refractivity contribution in [2.45, 2.75) is 26.3 Å². The number of aryl methyl sites for hydroxylation is 2. The van der Waals surface area contributed by atoms with Crippen molar-refractivity contribution in [3.05, 3.63) is 87.5 Å². The molecule has 8 nitrogen and oxygen atoms in total. The molecule has 0 N–H and O–H groups in total. The maximum absolute atomic E-state index is 13.4. The average molecular weight is 441 g/mol. The van der Waals surface area contributed by atoms with Crippen molar-refractivity contribution in [3.8, 4) is 0 Å². The molecule has 1 aliphatic rings. The number of oxime groups is 1. The van der Waals surface area contributed by atoms with E-state index in [2.05, 4.69) is 9.72 Å². The van der Waals surface area contributed by atoms with Gasteiger partial charge in [-0.1, -0.05) is 35.5 Å². The first kappa shape index (κ1) is 20.6. The highest BCUT2D eigenvalue weighted by Crippen LogP contribution is 2.38. The molecule has 0 radical (unpaired) electrons. The van der Waals surface area contributed by atoms with Gasteiger partial charge in [-0.25, -0.2) is 4.79 Å². The molecule has 5 rings (SSSR count). The van der Waals surface area contributed by atoms with Crippen LogP contribution in [0.2, 0.25) is 0 Å². The molecule has 0 saturated heterocycles. The van der Waals surface area contributed by atoms with Crippen LogP contribution in [0.3, 0.4) is 0 Å². The molecule has 2 heterocycles. The van der Waals surface area contributed by atoms with Crippen molar-refractivity contribution in [2.24, 2.45) is 5.16 Å². The Morgan fingerprint density at radius 2 is 1.82 bits per heavy atom. The van der Waals surface area contributed by atoms with Gasteiger partial charge in [0.2, 0.25) is 5.78 Å². The first-order valence-corrected chi connectivity index (χ1v) is 10.5. The summed E-state index contributed by atoms with van der Waals surface area (Å²) in [7, 11) is 0. The Labute approximate surface area is 188 Å². The van der Waals surface area contributed by atoms with E-state index in [1.807, 2.05) is 12.1 Å². The summed E-state index contributed by atoms with van der Waals surface area (Å²) >= 11 is 0. The van der Waals surface area contributed by atoms with E-state index in [0.29, 0.717) is 11.1 Å². The van der Waals surface area contributed by atoms with Crippen LogP contribution in [0.5, 0.6) is 0 Å². The van der Waals surface area contributed by atoms with Crippen LogP contribution >= 0.6 is 0 Å². The van der Waals surface area contributed by atoms with Gasteiger partial charge in [0, 0.05) is 53.0 Å². The monoisotopic (exact) mass is 441 g/mol. The van der Waals surface area contributed by atoms with Gasteiger partial charge in [0.25, 0.3) is 5.69 Å². The van der Waals surface area contributed by atoms with Crippen molar-refractivity contribution in [3.63, 3.8) is 0 Å². The first-order valence-electron chi connectivity index (χ1n) is 10.5.